The number of ether oxygens (including phenoxy) is 1. The zero-order valence-electron chi connectivity index (χ0n) is 15.1. The van der Waals surface area contributed by atoms with E-state index in [9.17, 15) is 4.39 Å². The molecule has 5 rings (SSSR count). The van der Waals surface area contributed by atoms with Crippen LogP contribution in [-0.2, 0) is 4.74 Å². The van der Waals surface area contributed by atoms with Crippen LogP contribution in [0, 0.1) is 5.82 Å². The van der Waals surface area contributed by atoms with Crippen LogP contribution in [0.4, 0.5) is 10.2 Å². The molecule has 28 heavy (non-hydrogen) atoms. The third-order valence-electron chi connectivity index (χ3n) is 4.94. The SMILES string of the molecule is Fc1cccc(-c2cc(N3CCOCC3)nc3c(-c4ccn[nH]4)nccc23)c1. The van der Waals surface area contributed by atoms with Crippen LogP contribution in [-0.4, -0.2) is 46.5 Å². The first-order valence-corrected chi connectivity index (χ1v) is 9.18. The van der Waals surface area contributed by atoms with E-state index in [1.807, 2.05) is 24.3 Å². The van der Waals surface area contributed by atoms with Crippen LogP contribution >= 0.6 is 0 Å². The maximum atomic E-state index is 13.9. The highest BCUT2D eigenvalue weighted by molar-refractivity contribution is 6.01. The number of halogens is 1. The van der Waals surface area contributed by atoms with E-state index in [1.165, 1.54) is 6.07 Å². The van der Waals surface area contributed by atoms with Crippen molar-refractivity contribution in [2.75, 3.05) is 31.2 Å². The minimum Gasteiger partial charge on any atom is -0.378 e. The van der Waals surface area contributed by atoms with Crippen LogP contribution < -0.4 is 4.90 Å². The summed E-state index contributed by atoms with van der Waals surface area (Å²) in [6.45, 7) is 2.85. The first kappa shape index (κ1) is 16.8. The Labute approximate surface area is 161 Å². The van der Waals surface area contributed by atoms with Crippen LogP contribution in [0.2, 0.25) is 0 Å². The lowest BCUT2D eigenvalue weighted by molar-refractivity contribution is 0.122. The number of aromatic amines is 1. The fourth-order valence-corrected chi connectivity index (χ4v) is 3.57. The molecule has 0 spiro atoms. The first-order valence-electron chi connectivity index (χ1n) is 9.18. The minimum absolute atomic E-state index is 0.266. The molecule has 0 radical (unpaired) electrons. The second kappa shape index (κ2) is 7.01. The predicted octanol–water partition coefficient (Wildman–Crippen LogP) is 3.66. The van der Waals surface area contributed by atoms with E-state index in [-0.39, 0.29) is 5.82 Å². The summed E-state index contributed by atoms with van der Waals surface area (Å²) in [5.41, 5.74) is 4.01. The average Bonchev–Trinajstić information content (AvgIpc) is 3.28. The fourth-order valence-electron chi connectivity index (χ4n) is 3.57. The first-order chi connectivity index (χ1) is 13.8. The highest BCUT2D eigenvalue weighted by Crippen LogP contribution is 2.35. The van der Waals surface area contributed by atoms with Crippen LogP contribution in [0.1, 0.15) is 0 Å². The van der Waals surface area contributed by atoms with Gasteiger partial charge in [-0.3, -0.25) is 10.1 Å². The number of aromatic nitrogens is 4. The number of rotatable bonds is 3. The molecule has 140 valence electrons. The fraction of sp³-hybridized carbons (Fsp3) is 0.190. The molecule has 1 fully saturated rings. The number of H-pyrrole nitrogens is 1. The van der Waals surface area contributed by atoms with Gasteiger partial charge in [0.2, 0.25) is 0 Å². The molecule has 3 aromatic heterocycles. The summed E-state index contributed by atoms with van der Waals surface area (Å²) in [5, 5.41) is 7.93. The minimum atomic E-state index is -0.266. The smallest absolute Gasteiger partial charge is 0.130 e. The monoisotopic (exact) mass is 375 g/mol. The summed E-state index contributed by atoms with van der Waals surface area (Å²) < 4.78 is 19.4. The molecule has 0 amide bonds. The second-order valence-corrected chi connectivity index (χ2v) is 6.66. The molecule has 0 bridgehead atoms. The molecular weight excluding hydrogens is 357 g/mol. The number of pyridine rings is 2. The number of fused-ring (bicyclic) bond motifs is 1. The Morgan fingerprint density at radius 3 is 2.71 bits per heavy atom. The Hall–Kier alpha value is -3.32. The molecule has 1 aromatic carbocycles. The maximum absolute atomic E-state index is 13.9. The Morgan fingerprint density at radius 1 is 1.04 bits per heavy atom. The number of nitrogens with zero attached hydrogens (tertiary/aromatic N) is 4. The predicted molar refractivity (Wildman–Crippen MR) is 106 cm³/mol. The summed E-state index contributed by atoms with van der Waals surface area (Å²) in [7, 11) is 0. The van der Waals surface area contributed by atoms with Crippen LogP contribution in [0.5, 0.6) is 0 Å². The van der Waals surface area contributed by atoms with Crippen molar-refractivity contribution in [3.63, 3.8) is 0 Å². The van der Waals surface area contributed by atoms with Gasteiger partial charge in [0.25, 0.3) is 0 Å². The summed E-state index contributed by atoms with van der Waals surface area (Å²) in [6, 6.07) is 12.5. The van der Waals surface area contributed by atoms with Crippen molar-refractivity contribution in [2.45, 2.75) is 0 Å². The number of hydrogen-bond donors (Lipinski definition) is 1. The van der Waals surface area contributed by atoms with Gasteiger partial charge in [-0.25, -0.2) is 9.37 Å². The zero-order valence-corrected chi connectivity index (χ0v) is 15.1. The summed E-state index contributed by atoms with van der Waals surface area (Å²) in [4.78, 5) is 11.7. The molecule has 0 unspecified atom stereocenters. The van der Waals surface area contributed by atoms with Gasteiger partial charge in [0.15, 0.2) is 0 Å². The quantitative estimate of drug-likeness (QED) is 0.592. The van der Waals surface area contributed by atoms with Crippen molar-refractivity contribution in [2.24, 2.45) is 0 Å². The van der Waals surface area contributed by atoms with Gasteiger partial charge in [0.1, 0.15) is 22.8 Å². The molecule has 0 atom stereocenters. The molecule has 4 heterocycles. The molecular formula is C21H18FN5O. The van der Waals surface area contributed by atoms with Crippen molar-refractivity contribution in [3.05, 3.63) is 60.7 Å². The van der Waals surface area contributed by atoms with Crippen molar-refractivity contribution in [1.82, 2.24) is 20.2 Å². The normalized spacial score (nSPS) is 14.5. The van der Waals surface area contributed by atoms with Crippen LogP contribution in [0.15, 0.2) is 54.9 Å². The van der Waals surface area contributed by atoms with Crippen molar-refractivity contribution < 1.29 is 9.13 Å². The van der Waals surface area contributed by atoms with Gasteiger partial charge in [-0.2, -0.15) is 5.10 Å². The molecule has 0 aliphatic carbocycles. The van der Waals surface area contributed by atoms with Crippen molar-refractivity contribution >= 4 is 16.7 Å². The van der Waals surface area contributed by atoms with Gasteiger partial charge < -0.3 is 9.64 Å². The average molecular weight is 375 g/mol. The van der Waals surface area contributed by atoms with Crippen LogP contribution in [0.3, 0.4) is 0 Å². The van der Waals surface area contributed by atoms with Gasteiger partial charge >= 0.3 is 0 Å². The Balaban J connectivity index is 1.78. The molecule has 4 aromatic rings. The standard InChI is InChI=1S/C21H18FN5O/c22-15-3-1-2-14(12-15)17-13-19(27-8-10-28-11-9-27)25-20-16(17)4-6-23-21(20)18-5-7-24-26-18/h1-7,12-13H,8-11H2,(H,24,26). The van der Waals surface area contributed by atoms with Gasteiger partial charge in [-0.05, 0) is 41.5 Å². The van der Waals surface area contributed by atoms with E-state index in [0.717, 1.165) is 52.3 Å². The lowest BCUT2D eigenvalue weighted by Crippen LogP contribution is -2.36. The Bertz CT molecular complexity index is 1120. The highest BCUT2D eigenvalue weighted by atomic mass is 19.1. The van der Waals surface area contributed by atoms with Gasteiger partial charge in [0, 0.05) is 30.9 Å². The van der Waals surface area contributed by atoms with E-state index in [2.05, 4.69) is 20.1 Å². The lowest BCUT2D eigenvalue weighted by Gasteiger charge is -2.28. The summed E-state index contributed by atoms with van der Waals surface area (Å²) in [6.07, 6.45) is 3.44. The van der Waals surface area contributed by atoms with Crippen molar-refractivity contribution in [1.29, 1.82) is 0 Å². The number of morpholine rings is 1. The lowest BCUT2D eigenvalue weighted by atomic mass is 10.00. The third kappa shape index (κ3) is 2.99. The molecule has 7 heteroatoms. The second-order valence-electron chi connectivity index (χ2n) is 6.66. The molecule has 1 aliphatic heterocycles. The van der Waals surface area contributed by atoms with Gasteiger partial charge in [-0.1, -0.05) is 12.1 Å². The van der Waals surface area contributed by atoms with E-state index in [1.54, 1.807) is 24.5 Å². The molecule has 1 aliphatic rings. The Kier molecular flexibility index (Phi) is 4.21. The number of benzene rings is 1. The summed E-state index contributed by atoms with van der Waals surface area (Å²) >= 11 is 0. The van der Waals surface area contributed by atoms with E-state index in [4.69, 9.17) is 9.72 Å². The van der Waals surface area contributed by atoms with Gasteiger partial charge in [0.05, 0.1) is 18.9 Å². The molecule has 6 nitrogen and oxygen atoms in total. The van der Waals surface area contributed by atoms with Crippen molar-refractivity contribution in [3.8, 4) is 22.5 Å². The maximum Gasteiger partial charge on any atom is 0.130 e. The van der Waals surface area contributed by atoms with Gasteiger partial charge in [-0.15, -0.1) is 0 Å². The zero-order chi connectivity index (χ0) is 18.9. The number of nitrogens with one attached hydrogen (secondary N) is 1. The third-order valence-corrected chi connectivity index (χ3v) is 4.94. The van der Waals surface area contributed by atoms with E-state index >= 15 is 0 Å². The molecule has 1 saturated heterocycles. The largest absolute Gasteiger partial charge is 0.378 e. The molecule has 0 saturated carbocycles. The highest BCUT2D eigenvalue weighted by Gasteiger charge is 2.18. The van der Waals surface area contributed by atoms with E-state index < -0.39 is 0 Å². The number of anilines is 1. The van der Waals surface area contributed by atoms with Crippen LogP contribution in [0.25, 0.3) is 33.4 Å². The van der Waals surface area contributed by atoms with E-state index in [0.29, 0.717) is 13.2 Å². The topological polar surface area (TPSA) is 66.9 Å². The number of hydrogen-bond acceptors (Lipinski definition) is 5. The summed E-state index contributed by atoms with van der Waals surface area (Å²) in [5.74, 6) is 0.571. The Morgan fingerprint density at radius 2 is 1.93 bits per heavy atom. The molecule has 1 N–H and O–H groups in total.